The minimum absolute atomic E-state index is 0.00164. The second-order valence-electron chi connectivity index (χ2n) is 11.8. The number of fused-ring (bicyclic) bond motifs is 5. The van der Waals surface area contributed by atoms with Gasteiger partial charge in [0.25, 0.3) is 5.91 Å². The molecule has 5 heteroatoms. The molecule has 2 aliphatic heterocycles. The van der Waals surface area contributed by atoms with Crippen LogP contribution in [0.15, 0.2) is 0 Å². The maximum Gasteiger partial charge on any atom is 0.252 e. The topological polar surface area (TPSA) is 59.0 Å². The molecule has 0 radical (unpaired) electrons. The molecule has 9 atom stereocenters. The number of nitrogens with zero attached hydrogens (tertiary/aromatic N) is 1. The average molecular weight is 434 g/mol. The van der Waals surface area contributed by atoms with Crippen molar-refractivity contribution in [1.82, 2.24) is 4.90 Å². The minimum atomic E-state index is -0.328. The SMILES string of the molecule is CO[C@H]1CC[C@@]2(C)C(CC[C@@H]3[C@@H]2CC[C@@]2(C)[C@H]3CCCN2C(=O)[C@H]2CCCCO2)[C@H]1O. The van der Waals surface area contributed by atoms with E-state index in [-0.39, 0.29) is 35.2 Å². The molecule has 3 aliphatic carbocycles. The molecule has 1 amide bonds. The van der Waals surface area contributed by atoms with E-state index in [0.29, 0.717) is 23.7 Å². The number of carbonyl (C=O) groups excluding carboxylic acids is 1. The normalized spacial score (nSPS) is 50.2. The maximum absolute atomic E-state index is 13.5. The smallest absolute Gasteiger partial charge is 0.252 e. The first-order valence-corrected chi connectivity index (χ1v) is 13.0. The average Bonchev–Trinajstić information content (AvgIpc) is 2.78. The standard InChI is InChI=1S/C26H43NO4/c1-25-13-12-21(30-3)23(28)20(25)10-9-17-18(25)11-14-26(2)19(17)7-6-15-27(26)24(29)22-8-4-5-16-31-22/h17-23,28H,4-16H2,1-3H3/t17-,18+,19+,20?,21+,22-,23-,25-,26+/m1/s1. The molecule has 0 aromatic heterocycles. The fraction of sp³-hybridized carbons (Fsp3) is 0.962. The highest BCUT2D eigenvalue weighted by atomic mass is 16.5. The zero-order valence-corrected chi connectivity index (χ0v) is 19.9. The van der Waals surface area contributed by atoms with Crippen molar-refractivity contribution in [3.05, 3.63) is 0 Å². The summed E-state index contributed by atoms with van der Waals surface area (Å²) in [6.45, 7) is 6.49. The van der Waals surface area contributed by atoms with Crippen LogP contribution >= 0.6 is 0 Å². The molecule has 1 unspecified atom stereocenters. The molecule has 0 bridgehead atoms. The van der Waals surface area contributed by atoms with Gasteiger partial charge >= 0.3 is 0 Å². The molecule has 5 rings (SSSR count). The van der Waals surface area contributed by atoms with Gasteiger partial charge in [-0.15, -0.1) is 0 Å². The summed E-state index contributed by atoms with van der Waals surface area (Å²) in [6, 6.07) is 0. The number of carbonyl (C=O) groups is 1. The van der Waals surface area contributed by atoms with Crippen molar-refractivity contribution in [1.29, 1.82) is 0 Å². The summed E-state index contributed by atoms with van der Waals surface area (Å²) in [6.07, 6.45) is 11.6. The molecule has 176 valence electrons. The lowest BCUT2D eigenvalue weighted by Gasteiger charge is -2.65. The van der Waals surface area contributed by atoms with E-state index in [9.17, 15) is 9.90 Å². The van der Waals surface area contributed by atoms with Gasteiger partial charge in [0.15, 0.2) is 0 Å². The number of piperidine rings is 1. The highest BCUT2D eigenvalue weighted by Crippen LogP contribution is 2.63. The third kappa shape index (κ3) is 3.40. The van der Waals surface area contributed by atoms with Crippen molar-refractivity contribution in [2.75, 3.05) is 20.3 Å². The molecule has 0 aromatic carbocycles. The van der Waals surface area contributed by atoms with Crippen LogP contribution in [0.5, 0.6) is 0 Å². The van der Waals surface area contributed by atoms with Crippen molar-refractivity contribution in [3.8, 4) is 0 Å². The fourth-order valence-corrected chi connectivity index (χ4v) is 8.91. The Hall–Kier alpha value is -0.650. The van der Waals surface area contributed by atoms with Crippen LogP contribution in [0.4, 0.5) is 0 Å². The van der Waals surface area contributed by atoms with Crippen LogP contribution in [0.2, 0.25) is 0 Å². The van der Waals surface area contributed by atoms with Gasteiger partial charge in [-0.2, -0.15) is 0 Å². The predicted octanol–water partition coefficient (Wildman–Crippen LogP) is 4.17. The molecular formula is C26H43NO4. The molecule has 0 aromatic rings. The van der Waals surface area contributed by atoms with Gasteiger partial charge in [0.2, 0.25) is 0 Å². The number of aliphatic hydroxyl groups excluding tert-OH is 1. The number of likely N-dealkylation sites (tertiary alicyclic amines) is 1. The van der Waals surface area contributed by atoms with E-state index >= 15 is 0 Å². The predicted molar refractivity (Wildman–Crippen MR) is 120 cm³/mol. The first kappa shape index (κ1) is 22.2. The monoisotopic (exact) mass is 433 g/mol. The maximum atomic E-state index is 13.5. The molecule has 5 fully saturated rings. The number of rotatable bonds is 2. The lowest BCUT2D eigenvalue weighted by atomic mass is 9.44. The van der Waals surface area contributed by atoms with Gasteiger partial charge in [0.1, 0.15) is 6.10 Å². The van der Waals surface area contributed by atoms with Gasteiger partial charge < -0.3 is 19.5 Å². The first-order chi connectivity index (χ1) is 14.9. The summed E-state index contributed by atoms with van der Waals surface area (Å²) in [5.41, 5.74) is 0.181. The van der Waals surface area contributed by atoms with Gasteiger partial charge in [0, 0.05) is 25.8 Å². The first-order valence-electron chi connectivity index (χ1n) is 13.0. The quantitative estimate of drug-likeness (QED) is 0.710. The molecule has 2 saturated heterocycles. The highest BCUT2D eigenvalue weighted by Gasteiger charge is 2.61. The third-order valence-electron chi connectivity index (χ3n) is 10.6. The van der Waals surface area contributed by atoms with E-state index < -0.39 is 0 Å². The minimum Gasteiger partial charge on any atom is -0.390 e. The van der Waals surface area contributed by atoms with Crippen molar-refractivity contribution < 1.29 is 19.4 Å². The van der Waals surface area contributed by atoms with E-state index in [1.807, 2.05) is 0 Å². The summed E-state index contributed by atoms with van der Waals surface area (Å²) < 4.78 is 11.5. The van der Waals surface area contributed by atoms with E-state index in [2.05, 4.69) is 18.7 Å². The van der Waals surface area contributed by atoms with Gasteiger partial charge in [-0.3, -0.25) is 4.79 Å². The zero-order chi connectivity index (χ0) is 21.8. The summed E-state index contributed by atoms with van der Waals surface area (Å²) in [4.78, 5) is 15.8. The summed E-state index contributed by atoms with van der Waals surface area (Å²) in [5.74, 6) is 2.55. The van der Waals surface area contributed by atoms with Crippen molar-refractivity contribution >= 4 is 5.91 Å². The second-order valence-corrected chi connectivity index (χ2v) is 11.8. The number of amides is 1. The van der Waals surface area contributed by atoms with Gasteiger partial charge in [0.05, 0.1) is 12.2 Å². The second kappa shape index (κ2) is 8.29. The molecule has 31 heavy (non-hydrogen) atoms. The molecule has 5 aliphatic rings. The van der Waals surface area contributed by atoms with Crippen molar-refractivity contribution in [3.63, 3.8) is 0 Å². The number of ether oxygens (including phenoxy) is 2. The highest BCUT2D eigenvalue weighted by molar-refractivity contribution is 5.82. The Morgan fingerprint density at radius 3 is 2.55 bits per heavy atom. The third-order valence-corrected chi connectivity index (χ3v) is 10.6. The van der Waals surface area contributed by atoms with Crippen LogP contribution in [0.25, 0.3) is 0 Å². The molecule has 0 spiro atoms. The number of methoxy groups -OCH3 is 1. The van der Waals surface area contributed by atoms with E-state index in [4.69, 9.17) is 9.47 Å². The van der Waals surface area contributed by atoms with Crippen LogP contribution in [-0.4, -0.2) is 60.0 Å². The Kier molecular flexibility index (Phi) is 5.92. The van der Waals surface area contributed by atoms with Crippen LogP contribution < -0.4 is 0 Å². The summed E-state index contributed by atoms with van der Waals surface area (Å²) >= 11 is 0. The Morgan fingerprint density at radius 1 is 0.968 bits per heavy atom. The molecule has 2 heterocycles. The van der Waals surface area contributed by atoms with Gasteiger partial charge in [-0.1, -0.05) is 6.92 Å². The van der Waals surface area contributed by atoms with E-state index in [1.165, 1.54) is 19.3 Å². The molecule has 3 saturated carbocycles. The fourth-order valence-electron chi connectivity index (χ4n) is 8.91. The van der Waals surface area contributed by atoms with Crippen LogP contribution in [-0.2, 0) is 14.3 Å². The summed E-state index contributed by atoms with van der Waals surface area (Å²) in [7, 11) is 1.75. The van der Waals surface area contributed by atoms with Gasteiger partial charge in [-0.25, -0.2) is 0 Å². The van der Waals surface area contributed by atoms with Crippen molar-refractivity contribution in [2.45, 2.75) is 108 Å². The Labute approximate surface area is 188 Å². The lowest BCUT2D eigenvalue weighted by molar-refractivity contribution is -0.194. The summed E-state index contributed by atoms with van der Waals surface area (Å²) in [5, 5.41) is 11.1. The molecule has 1 N–H and O–H groups in total. The Bertz CT molecular complexity index is 678. The zero-order valence-electron chi connectivity index (χ0n) is 19.9. The van der Waals surface area contributed by atoms with Crippen LogP contribution in [0, 0.1) is 29.1 Å². The molecular weight excluding hydrogens is 390 g/mol. The van der Waals surface area contributed by atoms with E-state index in [0.717, 1.165) is 64.5 Å². The van der Waals surface area contributed by atoms with Gasteiger partial charge in [-0.05, 0) is 107 Å². The Balaban J connectivity index is 1.38. The number of aliphatic hydroxyl groups is 1. The van der Waals surface area contributed by atoms with E-state index in [1.54, 1.807) is 7.11 Å². The lowest BCUT2D eigenvalue weighted by Crippen LogP contribution is -2.67. The number of hydrogen-bond donors (Lipinski definition) is 1. The van der Waals surface area contributed by atoms with Crippen molar-refractivity contribution in [2.24, 2.45) is 29.1 Å². The number of hydrogen-bond acceptors (Lipinski definition) is 4. The van der Waals surface area contributed by atoms with Crippen LogP contribution in [0.1, 0.15) is 84.5 Å². The Morgan fingerprint density at radius 2 is 1.81 bits per heavy atom. The molecule has 5 nitrogen and oxygen atoms in total. The largest absolute Gasteiger partial charge is 0.390 e. The van der Waals surface area contributed by atoms with Crippen LogP contribution in [0.3, 0.4) is 0 Å².